The van der Waals surface area contributed by atoms with Gasteiger partial charge >= 0.3 is 6.09 Å². The van der Waals surface area contributed by atoms with Gasteiger partial charge < -0.3 is 19.5 Å². The Kier molecular flexibility index (Phi) is 8.90. The Labute approximate surface area is 217 Å². The monoisotopic (exact) mass is 507 g/mol. The summed E-state index contributed by atoms with van der Waals surface area (Å²) in [4.78, 5) is 25.1. The van der Waals surface area contributed by atoms with Crippen LogP contribution in [-0.4, -0.2) is 51.9 Å². The second-order valence-corrected chi connectivity index (χ2v) is 10.1. The molecule has 1 N–H and O–H groups in total. The Balaban J connectivity index is 1.67. The van der Waals surface area contributed by atoms with Crippen LogP contribution in [-0.2, 0) is 11.2 Å². The van der Waals surface area contributed by atoms with E-state index in [1.807, 2.05) is 33.8 Å². The molecule has 0 radical (unpaired) electrons. The van der Waals surface area contributed by atoms with Crippen molar-refractivity contribution in [1.82, 2.24) is 4.90 Å². The molecule has 1 fully saturated rings. The lowest BCUT2D eigenvalue weighted by Crippen LogP contribution is -2.44. The van der Waals surface area contributed by atoms with Gasteiger partial charge in [-0.15, -0.1) is 0 Å². The summed E-state index contributed by atoms with van der Waals surface area (Å²) in [6.45, 7) is 8.29. The van der Waals surface area contributed by atoms with E-state index < -0.39 is 16.6 Å². The number of rotatable bonds is 7. The van der Waals surface area contributed by atoms with Crippen molar-refractivity contribution in [2.45, 2.75) is 64.8 Å². The van der Waals surface area contributed by atoms with Crippen molar-refractivity contribution in [2.24, 2.45) is 0 Å². The molecule has 2 aromatic carbocycles. The summed E-state index contributed by atoms with van der Waals surface area (Å²) in [5, 5.41) is 31.4. The molecule has 2 aromatic rings. The van der Waals surface area contributed by atoms with Crippen molar-refractivity contribution in [2.75, 3.05) is 13.1 Å². The van der Waals surface area contributed by atoms with Gasteiger partial charge in [0.1, 0.15) is 17.5 Å². The maximum absolute atomic E-state index is 12.3. The summed E-state index contributed by atoms with van der Waals surface area (Å²) in [5.41, 5.74) is 1.77. The maximum Gasteiger partial charge on any atom is 0.410 e. The Bertz CT molecular complexity index is 1200. The second kappa shape index (κ2) is 11.9. The van der Waals surface area contributed by atoms with Crippen LogP contribution in [0.4, 0.5) is 10.5 Å². The van der Waals surface area contributed by atoms with Gasteiger partial charge in [0.15, 0.2) is 0 Å². The van der Waals surface area contributed by atoms with E-state index in [9.17, 15) is 20.0 Å². The van der Waals surface area contributed by atoms with Crippen LogP contribution in [0.1, 0.15) is 57.2 Å². The van der Waals surface area contributed by atoms with Gasteiger partial charge in [-0.25, -0.2) is 4.79 Å². The van der Waals surface area contributed by atoms with E-state index in [0.29, 0.717) is 42.8 Å². The van der Waals surface area contributed by atoms with Crippen LogP contribution in [0.2, 0.25) is 0 Å². The number of amides is 1. The number of aliphatic hydroxyl groups is 1. The number of nitrogens with zero attached hydrogens (tertiary/aromatic N) is 3. The first-order valence-corrected chi connectivity index (χ1v) is 12.2. The van der Waals surface area contributed by atoms with Crippen LogP contribution in [0.25, 0.3) is 5.57 Å². The van der Waals surface area contributed by atoms with Gasteiger partial charge in [-0.2, -0.15) is 5.26 Å². The third kappa shape index (κ3) is 8.05. The first-order chi connectivity index (χ1) is 17.4. The van der Waals surface area contributed by atoms with E-state index in [-0.39, 0.29) is 24.3 Å². The topological polar surface area (TPSA) is 126 Å². The molecule has 196 valence electrons. The smallest absolute Gasteiger partial charge is 0.410 e. The fraction of sp³-hybridized carbons (Fsp3) is 0.429. The number of hydrogen-bond acceptors (Lipinski definition) is 7. The van der Waals surface area contributed by atoms with Gasteiger partial charge in [-0.1, -0.05) is 18.2 Å². The predicted octanol–water partition coefficient (Wildman–Crippen LogP) is 5.25. The van der Waals surface area contributed by atoms with E-state index >= 15 is 0 Å². The number of nitro benzene ring substituents is 1. The lowest BCUT2D eigenvalue weighted by molar-refractivity contribution is -0.385. The Morgan fingerprint density at radius 2 is 1.97 bits per heavy atom. The Morgan fingerprint density at radius 3 is 2.59 bits per heavy atom. The molecule has 1 atom stereocenters. The third-order valence-corrected chi connectivity index (χ3v) is 5.96. The van der Waals surface area contributed by atoms with Gasteiger partial charge in [-0.05, 0) is 63.1 Å². The van der Waals surface area contributed by atoms with Gasteiger partial charge in [0.05, 0.1) is 22.7 Å². The highest BCUT2D eigenvalue weighted by molar-refractivity contribution is 5.68. The molecule has 1 aliphatic rings. The molecule has 1 aliphatic heterocycles. The number of likely N-dealkylation sites (tertiary alicyclic amines) is 1. The Morgan fingerprint density at radius 1 is 1.27 bits per heavy atom. The number of aliphatic hydroxyl groups excluding tert-OH is 1. The molecule has 0 bridgehead atoms. The molecular formula is C28H33N3O6. The van der Waals surface area contributed by atoms with Crippen molar-refractivity contribution in [1.29, 1.82) is 5.26 Å². The highest BCUT2D eigenvalue weighted by Crippen LogP contribution is 2.28. The molecule has 1 amide bonds. The van der Waals surface area contributed by atoms with Crippen molar-refractivity contribution in [3.05, 3.63) is 75.3 Å². The SMILES string of the molecule is C/C(=C\C(O)Cc1cc(OC2CCN(C(=O)OC(C)(C)C)CC2)ccc1[N+](=O)[O-])c1cccc(C#N)c1. The highest BCUT2D eigenvalue weighted by atomic mass is 16.6. The van der Waals surface area contributed by atoms with Crippen molar-refractivity contribution < 1.29 is 24.3 Å². The first-order valence-electron chi connectivity index (χ1n) is 12.2. The molecule has 1 unspecified atom stereocenters. The summed E-state index contributed by atoms with van der Waals surface area (Å²) in [5.74, 6) is 0.478. The average molecular weight is 508 g/mol. The van der Waals surface area contributed by atoms with E-state index in [4.69, 9.17) is 14.7 Å². The summed E-state index contributed by atoms with van der Waals surface area (Å²) in [7, 11) is 0. The number of hydrogen-bond donors (Lipinski definition) is 1. The number of nitriles is 1. The molecule has 9 heteroatoms. The standard InChI is InChI=1S/C28H33N3O6/c1-19(21-7-5-6-20(15-21)18-29)14-23(32)16-22-17-25(8-9-26(22)31(34)35)36-24-10-12-30(13-11-24)27(33)37-28(2,3)4/h5-9,14-15,17,23-24,32H,10-13,16H2,1-4H3/b19-14+. The molecule has 0 spiro atoms. The molecule has 0 saturated carbocycles. The highest BCUT2D eigenvalue weighted by Gasteiger charge is 2.28. The van der Waals surface area contributed by atoms with Crippen molar-refractivity contribution >= 4 is 17.4 Å². The van der Waals surface area contributed by atoms with Crippen molar-refractivity contribution in [3.63, 3.8) is 0 Å². The largest absolute Gasteiger partial charge is 0.490 e. The molecule has 1 heterocycles. The van der Waals surface area contributed by atoms with Crippen molar-refractivity contribution in [3.8, 4) is 11.8 Å². The summed E-state index contributed by atoms with van der Waals surface area (Å²) in [6.07, 6.45) is 1.40. The Hall–Kier alpha value is -3.90. The number of allylic oxidation sites excluding steroid dienone is 1. The minimum absolute atomic E-state index is 0.0277. The zero-order valence-electron chi connectivity index (χ0n) is 21.6. The minimum atomic E-state index is -0.975. The quantitative estimate of drug-likeness (QED) is 0.400. The van der Waals surface area contributed by atoms with Gasteiger partial charge in [-0.3, -0.25) is 10.1 Å². The van der Waals surface area contributed by atoms with Crippen LogP contribution in [0.5, 0.6) is 5.75 Å². The number of carbonyl (C=O) groups is 1. The van der Waals surface area contributed by atoms with E-state index in [1.54, 1.807) is 41.3 Å². The minimum Gasteiger partial charge on any atom is -0.490 e. The molecule has 1 saturated heterocycles. The lowest BCUT2D eigenvalue weighted by atomic mass is 10.00. The number of benzene rings is 2. The van der Waals surface area contributed by atoms with E-state index in [1.165, 1.54) is 6.07 Å². The zero-order chi connectivity index (χ0) is 27.2. The van der Waals surface area contributed by atoms with Gasteiger partial charge in [0, 0.05) is 44.0 Å². The van der Waals surface area contributed by atoms with Crippen LogP contribution in [0.15, 0.2) is 48.5 Å². The number of nitro groups is 1. The van der Waals surface area contributed by atoms with Crippen LogP contribution in [0, 0.1) is 21.4 Å². The van der Waals surface area contributed by atoms with E-state index in [2.05, 4.69) is 6.07 Å². The molecular weight excluding hydrogens is 474 g/mol. The summed E-state index contributed by atoms with van der Waals surface area (Å²) in [6, 6.07) is 13.7. The van der Waals surface area contributed by atoms with E-state index in [0.717, 1.165) is 11.1 Å². The zero-order valence-corrected chi connectivity index (χ0v) is 21.6. The molecule has 0 aliphatic carbocycles. The number of carbonyl (C=O) groups excluding carboxylic acids is 1. The summed E-state index contributed by atoms with van der Waals surface area (Å²) < 4.78 is 11.5. The van der Waals surface area contributed by atoms with Crippen LogP contribution >= 0.6 is 0 Å². The number of piperidine rings is 1. The van der Waals surface area contributed by atoms with Crippen LogP contribution < -0.4 is 4.74 Å². The second-order valence-electron chi connectivity index (χ2n) is 10.1. The average Bonchev–Trinajstić information content (AvgIpc) is 2.83. The predicted molar refractivity (Wildman–Crippen MR) is 139 cm³/mol. The number of ether oxygens (including phenoxy) is 2. The van der Waals surface area contributed by atoms with Gasteiger partial charge in [0.2, 0.25) is 0 Å². The van der Waals surface area contributed by atoms with Gasteiger partial charge in [0.25, 0.3) is 5.69 Å². The third-order valence-electron chi connectivity index (χ3n) is 5.96. The maximum atomic E-state index is 12.3. The summed E-state index contributed by atoms with van der Waals surface area (Å²) >= 11 is 0. The first kappa shape index (κ1) is 27.7. The molecule has 3 rings (SSSR count). The van der Waals surface area contributed by atoms with Crippen LogP contribution in [0.3, 0.4) is 0 Å². The molecule has 9 nitrogen and oxygen atoms in total. The fourth-order valence-electron chi connectivity index (χ4n) is 4.16. The lowest BCUT2D eigenvalue weighted by Gasteiger charge is -2.33. The molecule has 0 aromatic heterocycles. The molecule has 37 heavy (non-hydrogen) atoms. The fourth-order valence-corrected chi connectivity index (χ4v) is 4.16. The normalized spacial score (nSPS) is 15.6.